The molecule has 0 aliphatic carbocycles. The zero-order valence-electron chi connectivity index (χ0n) is 9.69. The number of benzene rings is 1. The zero-order valence-corrected chi connectivity index (χ0v) is 9.69. The SMILES string of the molecule is Cc1cc(F)cc(OCCc2ccncc2)c1. The number of halogens is 1. The fourth-order valence-corrected chi connectivity index (χ4v) is 1.62. The molecule has 0 fully saturated rings. The maximum absolute atomic E-state index is 13.1. The van der Waals surface area contributed by atoms with Gasteiger partial charge < -0.3 is 4.74 Å². The molecule has 17 heavy (non-hydrogen) atoms. The molecule has 0 atom stereocenters. The van der Waals surface area contributed by atoms with Crippen molar-refractivity contribution >= 4 is 0 Å². The Hall–Kier alpha value is -1.90. The summed E-state index contributed by atoms with van der Waals surface area (Å²) in [5.74, 6) is 0.320. The quantitative estimate of drug-likeness (QED) is 0.806. The molecule has 2 rings (SSSR count). The van der Waals surface area contributed by atoms with Crippen molar-refractivity contribution in [1.82, 2.24) is 4.98 Å². The summed E-state index contributed by atoms with van der Waals surface area (Å²) in [6, 6.07) is 8.60. The van der Waals surface area contributed by atoms with Gasteiger partial charge >= 0.3 is 0 Å². The van der Waals surface area contributed by atoms with Gasteiger partial charge in [-0.3, -0.25) is 4.98 Å². The number of rotatable bonds is 4. The van der Waals surface area contributed by atoms with E-state index >= 15 is 0 Å². The molecule has 0 saturated heterocycles. The van der Waals surface area contributed by atoms with Crippen LogP contribution in [0, 0.1) is 12.7 Å². The Morgan fingerprint density at radius 2 is 1.94 bits per heavy atom. The topological polar surface area (TPSA) is 22.1 Å². The van der Waals surface area contributed by atoms with Crippen molar-refractivity contribution < 1.29 is 9.13 Å². The largest absolute Gasteiger partial charge is 0.493 e. The number of hydrogen-bond donors (Lipinski definition) is 0. The Bertz CT molecular complexity index is 465. The summed E-state index contributed by atoms with van der Waals surface area (Å²) in [5, 5.41) is 0. The van der Waals surface area contributed by atoms with Crippen LogP contribution < -0.4 is 4.74 Å². The van der Waals surface area contributed by atoms with E-state index in [1.165, 1.54) is 12.1 Å². The second-order valence-corrected chi connectivity index (χ2v) is 3.92. The van der Waals surface area contributed by atoms with Crippen LogP contribution in [0.1, 0.15) is 11.1 Å². The Balaban J connectivity index is 1.90. The molecule has 0 N–H and O–H groups in total. The lowest BCUT2D eigenvalue weighted by molar-refractivity contribution is 0.320. The smallest absolute Gasteiger partial charge is 0.127 e. The summed E-state index contributed by atoms with van der Waals surface area (Å²) in [6.45, 7) is 2.38. The van der Waals surface area contributed by atoms with E-state index in [-0.39, 0.29) is 5.82 Å². The standard InChI is InChI=1S/C14H14FNO/c1-11-8-13(15)10-14(9-11)17-7-4-12-2-5-16-6-3-12/h2-3,5-6,8-10H,4,7H2,1H3. The third-order valence-electron chi connectivity index (χ3n) is 2.42. The second kappa shape index (κ2) is 5.43. The fraction of sp³-hybridized carbons (Fsp3) is 0.214. The van der Waals surface area contributed by atoms with Crippen LogP contribution in [0.3, 0.4) is 0 Å². The molecule has 1 aromatic carbocycles. The van der Waals surface area contributed by atoms with E-state index in [1.807, 2.05) is 25.1 Å². The molecule has 3 heteroatoms. The number of ether oxygens (including phenoxy) is 1. The van der Waals surface area contributed by atoms with Crippen molar-refractivity contribution in [2.24, 2.45) is 0 Å². The van der Waals surface area contributed by atoms with Crippen LogP contribution in [0.5, 0.6) is 5.75 Å². The first kappa shape index (κ1) is 11.6. The summed E-state index contributed by atoms with van der Waals surface area (Å²) >= 11 is 0. The van der Waals surface area contributed by atoms with Gasteiger partial charge in [-0.15, -0.1) is 0 Å². The summed E-state index contributed by atoms with van der Waals surface area (Å²) in [6.07, 6.45) is 4.29. The Labute approximate surface area is 100 Å². The van der Waals surface area contributed by atoms with Crippen molar-refractivity contribution in [3.05, 3.63) is 59.7 Å². The minimum absolute atomic E-state index is 0.260. The van der Waals surface area contributed by atoms with E-state index in [4.69, 9.17) is 4.74 Å². The summed E-state index contributed by atoms with van der Waals surface area (Å²) in [4.78, 5) is 3.94. The molecule has 0 bridgehead atoms. The van der Waals surface area contributed by atoms with Crippen LogP contribution in [-0.2, 0) is 6.42 Å². The lowest BCUT2D eigenvalue weighted by Crippen LogP contribution is -2.01. The van der Waals surface area contributed by atoms with Crippen molar-refractivity contribution in [1.29, 1.82) is 0 Å². The second-order valence-electron chi connectivity index (χ2n) is 3.92. The van der Waals surface area contributed by atoms with Crippen LogP contribution in [0.2, 0.25) is 0 Å². The average Bonchev–Trinajstić information content (AvgIpc) is 2.29. The molecule has 88 valence electrons. The van der Waals surface area contributed by atoms with Gasteiger partial charge in [-0.2, -0.15) is 0 Å². The third-order valence-corrected chi connectivity index (χ3v) is 2.42. The molecule has 0 aliphatic rings. The summed E-state index contributed by atoms with van der Waals surface area (Å²) in [5.41, 5.74) is 2.03. The molecule has 0 radical (unpaired) electrons. The minimum Gasteiger partial charge on any atom is -0.493 e. The van der Waals surface area contributed by atoms with Gasteiger partial charge in [0.1, 0.15) is 11.6 Å². The van der Waals surface area contributed by atoms with Crippen molar-refractivity contribution in [2.45, 2.75) is 13.3 Å². The molecule has 2 nitrogen and oxygen atoms in total. The third kappa shape index (κ3) is 3.55. The first-order valence-corrected chi connectivity index (χ1v) is 5.53. The molecule has 2 aromatic rings. The lowest BCUT2D eigenvalue weighted by atomic mass is 10.2. The minimum atomic E-state index is -0.260. The number of pyridine rings is 1. The van der Waals surface area contributed by atoms with Gasteiger partial charge in [-0.05, 0) is 42.3 Å². The predicted octanol–water partition coefficient (Wildman–Crippen LogP) is 3.15. The maximum Gasteiger partial charge on any atom is 0.127 e. The molecule has 1 aromatic heterocycles. The average molecular weight is 231 g/mol. The van der Waals surface area contributed by atoms with E-state index in [2.05, 4.69) is 4.98 Å². The van der Waals surface area contributed by atoms with Crippen LogP contribution in [-0.4, -0.2) is 11.6 Å². The van der Waals surface area contributed by atoms with Gasteiger partial charge in [0.25, 0.3) is 0 Å². The van der Waals surface area contributed by atoms with Gasteiger partial charge in [0.15, 0.2) is 0 Å². The number of hydrogen-bond acceptors (Lipinski definition) is 2. The predicted molar refractivity (Wildman–Crippen MR) is 64.6 cm³/mol. The van der Waals surface area contributed by atoms with Crippen molar-refractivity contribution in [3.63, 3.8) is 0 Å². The highest BCUT2D eigenvalue weighted by Gasteiger charge is 1.99. The highest BCUT2D eigenvalue weighted by molar-refractivity contribution is 5.28. The maximum atomic E-state index is 13.1. The van der Waals surface area contributed by atoms with E-state index in [0.717, 1.165) is 17.5 Å². The van der Waals surface area contributed by atoms with Crippen molar-refractivity contribution in [2.75, 3.05) is 6.61 Å². The number of nitrogens with zero attached hydrogens (tertiary/aromatic N) is 1. The molecular formula is C14H14FNO. The van der Waals surface area contributed by atoms with Crippen LogP contribution in [0.25, 0.3) is 0 Å². The number of aromatic nitrogens is 1. The van der Waals surface area contributed by atoms with Crippen LogP contribution >= 0.6 is 0 Å². The Kier molecular flexibility index (Phi) is 3.70. The molecule has 1 heterocycles. The summed E-state index contributed by atoms with van der Waals surface area (Å²) in [7, 11) is 0. The van der Waals surface area contributed by atoms with E-state index in [1.54, 1.807) is 12.4 Å². The first-order valence-electron chi connectivity index (χ1n) is 5.53. The molecule has 0 amide bonds. The molecule has 0 unspecified atom stereocenters. The van der Waals surface area contributed by atoms with Gasteiger partial charge in [0.05, 0.1) is 6.61 Å². The van der Waals surface area contributed by atoms with Gasteiger partial charge in [0.2, 0.25) is 0 Å². The van der Waals surface area contributed by atoms with E-state index < -0.39 is 0 Å². The normalized spacial score (nSPS) is 10.2. The number of aryl methyl sites for hydroxylation is 1. The van der Waals surface area contributed by atoms with Gasteiger partial charge in [-0.1, -0.05) is 0 Å². The van der Waals surface area contributed by atoms with Crippen LogP contribution in [0.15, 0.2) is 42.7 Å². The van der Waals surface area contributed by atoms with Gasteiger partial charge in [0, 0.05) is 24.9 Å². The van der Waals surface area contributed by atoms with Crippen LogP contribution in [0.4, 0.5) is 4.39 Å². The highest BCUT2D eigenvalue weighted by Crippen LogP contribution is 2.15. The zero-order chi connectivity index (χ0) is 12.1. The Morgan fingerprint density at radius 3 is 2.65 bits per heavy atom. The van der Waals surface area contributed by atoms with Gasteiger partial charge in [-0.25, -0.2) is 4.39 Å². The molecule has 0 aliphatic heterocycles. The summed E-state index contributed by atoms with van der Waals surface area (Å²) < 4.78 is 18.6. The monoisotopic (exact) mass is 231 g/mol. The molecular weight excluding hydrogens is 217 g/mol. The Morgan fingerprint density at radius 1 is 1.18 bits per heavy atom. The molecule has 0 saturated carbocycles. The van der Waals surface area contributed by atoms with E-state index in [0.29, 0.717) is 12.4 Å². The van der Waals surface area contributed by atoms with E-state index in [9.17, 15) is 4.39 Å². The highest BCUT2D eigenvalue weighted by atomic mass is 19.1. The molecule has 0 spiro atoms. The lowest BCUT2D eigenvalue weighted by Gasteiger charge is -2.07. The first-order chi connectivity index (χ1) is 8.24. The van der Waals surface area contributed by atoms with Crippen molar-refractivity contribution in [3.8, 4) is 5.75 Å². The fourth-order valence-electron chi connectivity index (χ4n) is 1.62.